The molecule has 12 aromatic rings. The Bertz CT molecular complexity index is 3670. The number of rotatable bonds is 7. The van der Waals surface area contributed by atoms with Crippen LogP contribution >= 0.6 is 0 Å². The third kappa shape index (κ3) is 6.53. The van der Waals surface area contributed by atoms with E-state index in [-0.39, 0.29) is 0 Å². The summed E-state index contributed by atoms with van der Waals surface area (Å²) in [5.74, 6) is 1.75. The van der Waals surface area contributed by atoms with Gasteiger partial charge in [-0.2, -0.15) is 0 Å². The van der Waals surface area contributed by atoms with Crippen molar-refractivity contribution in [1.82, 2.24) is 15.0 Å². The van der Waals surface area contributed by atoms with Gasteiger partial charge in [0.15, 0.2) is 17.5 Å². The van der Waals surface area contributed by atoms with Crippen molar-refractivity contribution in [2.24, 2.45) is 0 Å². The predicted molar refractivity (Wildman–Crippen MR) is 260 cm³/mol. The van der Waals surface area contributed by atoms with E-state index >= 15 is 0 Å². The third-order valence-corrected chi connectivity index (χ3v) is 12.1. The lowest BCUT2D eigenvalue weighted by molar-refractivity contribution is 0.670. The molecule has 294 valence electrons. The summed E-state index contributed by atoms with van der Waals surface area (Å²) >= 11 is 0. The van der Waals surface area contributed by atoms with Gasteiger partial charge in [0.2, 0.25) is 0 Å². The van der Waals surface area contributed by atoms with Crippen molar-refractivity contribution in [3.63, 3.8) is 0 Å². The molecule has 0 N–H and O–H groups in total. The molecule has 0 fully saturated rings. The molecule has 4 heteroatoms. The molecule has 0 bridgehead atoms. The number of hydrogen-bond acceptors (Lipinski definition) is 4. The molecule has 63 heavy (non-hydrogen) atoms. The van der Waals surface area contributed by atoms with Crippen LogP contribution in [0.4, 0.5) is 0 Å². The Kier molecular flexibility index (Phi) is 8.79. The van der Waals surface area contributed by atoms with Crippen LogP contribution in [-0.2, 0) is 0 Å². The second-order valence-corrected chi connectivity index (χ2v) is 15.9. The lowest BCUT2D eigenvalue weighted by Crippen LogP contribution is -2.00. The highest BCUT2D eigenvalue weighted by atomic mass is 16.3. The SMILES string of the molecule is c1ccc(-c2cc(-c3nc(-c4cccc(-c5ccc(-c6ccccc6)c6ccccc56)c4)nc(-c4ccc5c(c4)oc4c(-c6ccccc6)cccc45)n3)cc3ccccc23)cc1. The number of hydrogen-bond donors (Lipinski definition) is 0. The molecule has 2 aromatic heterocycles. The van der Waals surface area contributed by atoms with Crippen molar-refractivity contribution >= 4 is 43.5 Å². The van der Waals surface area contributed by atoms with Crippen molar-refractivity contribution in [3.05, 3.63) is 224 Å². The molecule has 0 unspecified atom stereocenters. The van der Waals surface area contributed by atoms with Gasteiger partial charge >= 0.3 is 0 Å². The van der Waals surface area contributed by atoms with Gasteiger partial charge in [-0.05, 0) is 90.8 Å². The number of furan rings is 1. The summed E-state index contributed by atoms with van der Waals surface area (Å²) in [6.45, 7) is 0. The Morgan fingerprint density at radius 3 is 1.43 bits per heavy atom. The normalized spacial score (nSPS) is 11.5. The zero-order valence-corrected chi connectivity index (χ0v) is 34.1. The van der Waals surface area contributed by atoms with Crippen LogP contribution in [0.2, 0.25) is 0 Å². The molecule has 0 atom stereocenters. The first kappa shape index (κ1) is 36.4. The maximum Gasteiger partial charge on any atom is 0.164 e. The van der Waals surface area contributed by atoms with Gasteiger partial charge in [-0.3, -0.25) is 0 Å². The van der Waals surface area contributed by atoms with E-state index < -0.39 is 0 Å². The van der Waals surface area contributed by atoms with Gasteiger partial charge in [0.1, 0.15) is 11.2 Å². The quantitative estimate of drug-likeness (QED) is 0.161. The molecule has 0 saturated carbocycles. The van der Waals surface area contributed by atoms with Gasteiger partial charge in [-0.25, -0.2) is 15.0 Å². The van der Waals surface area contributed by atoms with Crippen molar-refractivity contribution in [2.45, 2.75) is 0 Å². The van der Waals surface area contributed by atoms with E-state index in [1.54, 1.807) is 0 Å². The maximum atomic E-state index is 6.71. The van der Waals surface area contributed by atoms with E-state index in [9.17, 15) is 0 Å². The molecule has 0 aliphatic heterocycles. The Morgan fingerprint density at radius 1 is 0.254 bits per heavy atom. The minimum absolute atomic E-state index is 0.568. The summed E-state index contributed by atoms with van der Waals surface area (Å²) in [5.41, 5.74) is 13.4. The number of benzene rings is 10. The van der Waals surface area contributed by atoms with E-state index in [0.29, 0.717) is 17.5 Å². The first-order valence-electron chi connectivity index (χ1n) is 21.3. The topological polar surface area (TPSA) is 51.8 Å². The minimum atomic E-state index is 0.568. The fourth-order valence-corrected chi connectivity index (χ4v) is 9.09. The number of nitrogens with zero attached hydrogens (tertiary/aromatic N) is 3. The van der Waals surface area contributed by atoms with Crippen LogP contribution in [0.3, 0.4) is 0 Å². The third-order valence-electron chi connectivity index (χ3n) is 12.1. The van der Waals surface area contributed by atoms with Gasteiger partial charge in [0.25, 0.3) is 0 Å². The lowest BCUT2D eigenvalue weighted by Gasteiger charge is -2.14. The Morgan fingerprint density at radius 2 is 0.746 bits per heavy atom. The van der Waals surface area contributed by atoms with Crippen LogP contribution in [0.1, 0.15) is 0 Å². The van der Waals surface area contributed by atoms with Gasteiger partial charge in [-0.15, -0.1) is 0 Å². The molecule has 4 nitrogen and oxygen atoms in total. The molecule has 0 saturated heterocycles. The first-order valence-corrected chi connectivity index (χ1v) is 21.3. The van der Waals surface area contributed by atoms with Crippen LogP contribution in [0.25, 0.3) is 122 Å². The highest BCUT2D eigenvalue weighted by Crippen LogP contribution is 2.40. The van der Waals surface area contributed by atoms with Crippen LogP contribution in [-0.4, -0.2) is 15.0 Å². The van der Waals surface area contributed by atoms with Gasteiger partial charge in [0.05, 0.1) is 0 Å². The summed E-state index contributed by atoms with van der Waals surface area (Å²) in [6.07, 6.45) is 0. The molecular weight excluding hydrogens is 767 g/mol. The zero-order valence-electron chi connectivity index (χ0n) is 34.1. The summed E-state index contributed by atoms with van der Waals surface area (Å²) in [5, 5.41) is 6.79. The van der Waals surface area contributed by atoms with E-state index in [1.165, 1.54) is 27.3 Å². The molecule has 0 amide bonds. The van der Waals surface area contributed by atoms with Crippen molar-refractivity contribution in [2.75, 3.05) is 0 Å². The largest absolute Gasteiger partial charge is 0.455 e. The molecular formula is C59H37N3O. The zero-order chi connectivity index (χ0) is 41.7. The number of para-hydroxylation sites is 1. The van der Waals surface area contributed by atoms with Gasteiger partial charge < -0.3 is 4.42 Å². The smallest absolute Gasteiger partial charge is 0.164 e. The lowest BCUT2D eigenvalue weighted by atomic mass is 9.91. The molecule has 12 rings (SSSR count). The van der Waals surface area contributed by atoms with Crippen molar-refractivity contribution in [1.29, 1.82) is 0 Å². The van der Waals surface area contributed by atoms with Crippen LogP contribution < -0.4 is 0 Å². The van der Waals surface area contributed by atoms with Gasteiger partial charge in [0, 0.05) is 33.0 Å². The fourth-order valence-electron chi connectivity index (χ4n) is 9.09. The van der Waals surface area contributed by atoms with Crippen LogP contribution in [0.15, 0.2) is 229 Å². The fraction of sp³-hybridized carbons (Fsp3) is 0. The number of fused-ring (bicyclic) bond motifs is 5. The summed E-state index contributed by atoms with van der Waals surface area (Å²) in [6, 6.07) is 78.8. The molecule has 0 radical (unpaired) electrons. The summed E-state index contributed by atoms with van der Waals surface area (Å²) in [7, 11) is 0. The van der Waals surface area contributed by atoms with Crippen molar-refractivity contribution in [3.8, 4) is 78.7 Å². The number of aromatic nitrogens is 3. The Balaban J connectivity index is 1.04. The minimum Gasteiger partial charge on any atom is -0.455 e. The maximum absolute atomic E-state index is 6.71. The average molecular weight is 804 g/mol. The summed E-state index contributed by atoms with van der Waals surface area (Å²) in [4.78, 5) is 15.8. The van der Waals surface area contributed by atoms with Crippen LogP contribution in [0.5, 0.6) is 0 Å². The van der Waals surface area contributed by atoms with E-state index in [0.717, 1.165) is 77.4 Å². The van der Waals surface area contributed by atoms with E-state index in [4.69, 9.17) is 19.4 Å². The van der Waals surface area contributed by atoms with Crippen LogP contribution in [0, 0.1) is 0 Å². The highest BCUT2D eigenvalue weighted by Gasteiger charge is 2.19. The monoisotopic (exact) mass is 803 g/mol. The molecule has 2 heterocycles. The molecule has 0 aliphatic rings. The predicted octanol–water partition coefficient (Wildman–Crippen LogP) is 15.7. The molecule has 10 aromatic carbocycles. The average Bonchev–Trinajstić information content (AvgIpc) is 3.75. The Hall–Kier alpha value is -8.47. The highest BCUT2D eigenvalue weighted by molar-refractivity contribution is 6.10. The standard InChI is InChI=1S/C59H37N3O/c1-4-16-38(17-5-1)47-32-33-48(51-27-13-12-26-50(47)51)42-23-14-24-43(34-42)57-60-58(44-30-31-52-53-29-15-28-49(39-18-6-2-7-19-39)56(53)63-55(52)37-44)62-59(61-57)45-35-41-22-10-11-25-46(41)54(36-45)40-20-8-3-9-21-40/h1-37H. The van der Waals surface area contributed by atoms with Crippen molar-refractivity contribution < 1.29 is 4.42 Å². The summed E-state index contributed by atoms with van der Waals surface area (Å²) < 4.78 is 6.71. The van der Waals surface area contributed by atoms with E-state index in [1.807, 2.05) is 6.07 Å². The van der Waals surface area contributed by atoms with Gasteiger partial charge in [-0.1, -0.05) is 194 Å². The molecule has 0 aliphatic carbocycles. The first-order chi connectivity index (χ1) is 31.2. The Labute approximate surface area is 364 Å². The second-order valence-electron chi connectivity index (χ2n) is 15.9. The van der Waals surface area contributed by atoms with E-state index in [2.05, 4.69) is 218 Å². The second kappa shape index (κ2) is 15.2. The molecule has 0 spiro atoms.